The molecule has 0 saturated carbocycles. The van der Waals surface area contributed by atoms with Gasteiger partial charge in [0.05, 0.1) is 17.1 Å². The zero-order valence-corrected chi connectivity index (χ0v) is 17.1. The van der Waals surface area contributed by atoms with Gasteiger partial charge in [-0.05, 0) is 43.7 Å². The molecule has 30 heavy (non-hydrogen) atoms. The molecule has 0 aliphatic carbocycles. The fourth-order valence-corrected chi connectivity index (χ4v) is 3.43. The summed E-state index contributed by atoms with van der Waals surface area (Å²) in [5.74, 6) is -0.271. The second kappa shape index (κ2) is 8.97. The van der Waals surface area contributed by atoms with Gasteiger partial charge in [-0.1, -0.05) is 24.3 Å². The lowest BCUT2D eigenvalue weighted by Crippen LogP contribution is -2.28. The van der Waals surface area contributed by atoms with E-state index in [1.165, 1.54) is 12.1 Å². The number of aromatic nitrogens is 4. The zero-order chi connectivity index (χ0) is 20.9. The lowest BCUT2D eigenvalue weighted by molar-refractivity contribution is 0.539. The molecule has 0 aliphatic rings. The predicted molar refractivity (Wildman–Crippen MR) is 116 cm³/mol. The van der Waals surface area contributed by atoms with E-state index in [9.17, 15) is 4.39 Å². The summed E-state index contributed by atoms with van der Waals surface area (Å²) in [6, 6.07) is 14.9. The van der Waals surface area contributed by atoms with E-state index in [0.29, 0.717) is 6.54 Å². The molecule has 0 saturated heterocycles. The second-order valence-electron chi connectivity index (χ2n) is 7.48. The molecule has 2 aromatic carbocycles. The smallest absolute Gasteiger partial charge is 0.123 e. The Bertz CT molecular complexity index is 1120. The van der Waals surface area contributed by atoms with Crippen molar-refractivity contribution in [2.24, 2.45) is 0 Å². The molecule has 0 aliphatic heterocycles. The molecule has 0 radical (unpaired) electrons. The highest BCUT2D eigenvalue weighted by atomic mass is 19.1. The van der Waals surface area contributed by atoms with Crippen LogP contribution >= 0.6 is 0 Å². The molecule has 0 amide bonds. The molecule has 152 valence electrons. The van der Waals surface area contributed by atoms with Crippen molar-refractivity contribution in [1.29, 1.82) is 0 Å². The molecule has 0 bridgehead atoms. The summed E-state index contributed by atoms with van der Waals surface area (Å²) in [5.41, 5.74) is 5.63. The number of rotatable bonds is 7. The molecule has 6 heteroatoms. The van der Waals surface area contributed by atoms with Gasteiger partial charge in [0.1, 0.15) is 5.82 Å². The van der Waals surface area contributed by atoms with Crippen molar-refractivity contribution in [1.82, 2.24) is 25.1 Å². The van der Waals surface area contributed by atoms with Crippen LogP contribution in [0.15, 0.2) is 73.3 Å². The standard InChI is InChI=1S/C24H24FN5/c1-17-5-3-8-23(11-17)30-16-20(24(29-30)19-6-4-7-21(25)13-19)14-28-18(2)12-22-15-26-9-10-27-22/h3-11,13,15-16,18,28H,12,14H2,1-2H3/t18-/m1/s1. The SMILES string of the molecule is Cc1cccc(-n2cc(CN[C@H](C)Cc3cnccn3)c(-c3cccc(F)c3)n2)c1. The van der Waals surface area contributed by atoms with E-state index in [0.717, 1.165) is 40.2 Å². The van der Waals surface area contributed by atoms with Crippen LogP contribution in [-0.4, -0.2) is 25.8 Å². The monoisotopic (exact) mass is 401 g/mol. The maximum absolute atomic E-state index is 13.9. The first kappa shape index (κ1) is 19.9. The number of aryl methyl sites for hydroxylation is 1. The number of halogens is 1. The lowest BCUT2D eigenvalue weighted by atomic mass is 10.1. The predicted octanol–water partition coefficient (Wildman–Crippen LogP) is 4.50. The van der Waals surface area contributed by atoms with Gasteiger partial charge >= 0.3 is 0 Å². The Morgan fingerprint density at radius 1 is 1.10 bits per heavy atom. The average molecular weight is 401 g/mol. The van der Waals surface area contributed by atoms with Crippen molar-refractivity contribution in [2.75, 3.05) is 0 Å². The maximum atomic E-state index is 13.9. The van der Waals surface area contributed by atoms with Crippen LogP contribution in [0.25, 0.3) is 16.9 Å². The summed E-state index contributed by atoms with van der Waals surface area (Å²) in [4.78, 5) is 8.46. The molecule has 0 unspecified atom stereocenters. The minimum Gasteiger partial charge on any atom is -0.310 e. The van der Waals surface area contributed by atoms with Crippen molar-refractivity contribution >= 4 is 0 Å². The van der Waals surface area contributed by atoms with E-state index in [1.54, 1.807) is 24.7 Å². The highest BCUT2D eigenvalue weighted by Gasteiger charge is 2.14. The molecular formula is C24H24FN5. The van der Waals surface area contributed by atoms with Gasteiger partial charge in [0.15, 0.2) is 0 Å². The Morgan fingerprint density at radius 3 is 2.73 bits per heavy atom. The van der Waals surface area contributed by atoms with E-state index in [4.69, 9.17) is 5.10 Å². The van der Waals surface area contributed by atoms with Crippen LogP contribution < -0.4 is 5.32 Å². The molecular weight excluding hydrogens is 377 g/mol. The molecule has 2 aromatic heterocycles. The van der Waals surface area contributed by atoms with Crippen LogP contribution in [-0.2, 0) is 13.0 Å². The van der Waals surface area contributed by atoms with Gasteiger partial charge < -0.3 is 5.32 Å². The molecule has 0 fully saturated rings. The fraction of sp³-hybridized carbons (Fsp3) is 0.208. The van der Waals surface area contributed by atoms with Crippen LogP contribution in [0.5, 0.6) is 0 Å². The Morgan fingerprint density at radius 2 is 1.97 bits per heavy atom. The normalized spacial score (nSPS) is 12.1. The quantitative estimate of drug-likeness (QED) is 0.495. The van der Waals surface area contributed by atoms with Crippen LogP contribution in [0.4, 0.5) is 4.39 Å². The van der Waals surface area contributed by atoms with Gasteiger partial charge in [0.2, 0.25) is 0 Å². The fourth-order valence-electron chi connectivity index (χ4n) is 3.43. The second-order valence-corrected chi connectivity index (χ2v) is 7.48. The Hall–Kier alpha value is -3.38. The Labute approximate surface area is 175 Å². The minimum atomic E-state index is -0.271. The summed E-state index contributed by atoms with van der Waals surface area (Å²) in [6.07, 6.45) is 7.95. The third-order valence-corrected chi connectivity index (χ3v) is 4.93. The van der Waals surface area contributed by atoms with Gasteiger partial charge in [-0.25, -0.2) is 9.07 Å². The van der Waals surface area contributed by atoms with Gasteiger partial charge in [0, 0.05) is 54.9 Å². The van der Waals surface area contributed by atoms with E-state index < -0.39 is 0 Å². The number of nitrogens with zero attached hydrogens (tertiary/aromatic N) is 4. The van der Waals surface area contributed by atoms with Crippen molar-refractivity contribution in [2.45, 2.75) is 32.9 Å². The summed E-state index contributed by atoms with van der Waals surface area (Å²) in [7, 11) is 0. The highest BCUT2D eigenvalue weighted by molar-refractivity contribution is 5.63. The maximum Gasteiger partial charge on any atom is 0.123 e. The topological polar surface area (TPSA) is 55.6 Å². The van der Waals surface area contributed by atoms with Crippen molar-refractivity contribution in [3.8, 4) is 16.9 Å². The third kappa shape index (κ3) is 4.78. The lowest BCUT2D eigenvalue weighted by Gasteiger charge is -2.13. The first-order valence-corrected chi connectivity index (χ1v) is 9.98. The molecule has 5 nitrogen and oxygen atoms in total. The van der Waals surface area contributed by atoms with E-state index in [2.05, 4.69) is 41.3 Å². The van der Waals surface area contributed by atoms with Crippen LogP contribution in [0, 0.1) is 12.7 Å². The van der Waals surface area contributed by atoms with Gasteiger partial charge in [-0.15, -0.1) is 0 Å². The molecule has 4 aromatic rings. The van der Waals surface area contributed by atoms with Crippen molar-refractivity contribution < 1.29 is 4.39 Å². The molecule has 1 atom stereocenters. The van der Waals surface area contributed by atoms with Gasteiger partial charge in [0.25, 0.3) is 0 Å². The molecule has 4 rings (SSSR count). The largest absolute Gasteiger partial charge is 0.310 e. The van der Waals surface area contributed by atoms with Crippen LogP contribution in [0.3, 0.4) is 0 Å². The molecule has 0 spiro atoms. The molecule has 2 heterocycles. The summed E-state index contributed by atoms with van der Waals surface area (Å²) < 4.78 is 15.7. The van der Waals surface area contributed by atoms with E-state index in [1.807, 2.05) is 29.1 Å². The van der Waals surface area contributed by atoms with E-state index >= 15 is 0 Å². The third-order valence-electron chi connectivity index (χ3n) is 4.93. The van der Waals surface area contributed by atoms with Crippen molar-refractivity contribution in [3.05, 3.63) is 96.0 Å². The van der Waals surface area contributed by atoms with Crippen LogP contribution in [0.2, 0.25) is 0 Å². The van der Waals surface area contributed by atoms with Gasteiger partial charge in [-0.3, -0.25) is 9.97 Å². The number of hydrogen-bond donors (Lipinski definition) is 1. The summed E-state index contributed by atoms with van der Waals surface area (Å²) in [6.45, 7) is 4.78. The first-order valence-electron chi connectivity index (χ1n) is 9.98. The Balaban J connectivity index is 1.60. The highest BCUT2D eigenvalue weighted by Crippen LogP contribution is 2.25. The number of benzene rings is 2. The van der Waals surface area contributed by atoms with Crippen LogP contribution in [0.1, 0.15) is 23.7 Å². The summed E-state index contributed by atoms with van der Waals surface area (Å²) >= 11 is 0. The van der Waals surface area contributed by atoms with Gasteiger partial charge in [-0.2, -0.15) is 5.10 Å². The Kier molecular flexibility index (Phi) is 5.95. The van der Waals surface area contributed by atoms with E-state index in [-0.39, 0.29) is 11.9 Å². The zero-order valence-electron chi connectivity index (χ0n) is 17.1. The average Bonchev–Trinajstić information content (AvgIpc) is 3.17. The first-order chi connectivity index (χ1) is 14.6. The number of nitrogens with one attached hydrogen (secondary N) is 1. The minimum absolute atomic E-state index is 0.198. The van der Waals surface area contributed by atoms with Crippen molar-refractivity contribution in [3.63, 3.8) is 0 Å². The number of hydrogen-bond acceptors (Lipinski definition) is 4. The molecule has 1 N–H and O–H groups in total. The summed E-state index contributed by atoms with van der Waals surface area (Å²) in [5, 5.41) is 8.32.